The zero-order valence-electron chi connectivity index (χ0n) is 11.1. The number of nitrogens with one attached hydrogen (secondary N) is 1. The quantitative estimate of drug-likeness (QED) is 0.755. The summed E-state index contributed by atoms with van der Waals surface area (Å²) in [5.41, 5.74) is 1.01. The summed E-state index contributed by atoms with van der Waals surface area (Å²) in [5, 5.41) is 20.8. The lowest BCUT2D eigenvalue weighted by Gasteiger charge is -2.07. The van der Waals surface area contributed by atoms with E-state index in [4.69, 9.17) is 4.74 Å². The fourth-order valence-corrected chi connectivity index (χ4v) is 1.81. The van der Waals surface area contributed by atoms with E-state index in [0.717, 1.165) is 24.4 Å². The molecule has 1 aromatic heterocycles. The van der Waals surface area contributed by atoms with Crippen LogP contribution in [0.5, 0.6) is 11.5 Å². The van der Waals surface area contributed by atoms with Crippen LogP contribution in [0.1, 0.15) is 11.4 Å². The number of aromatic nitrogens is 3. The molecule has 0 fully saturated rings. The van der Waals surface area contributed by atoms with Gasteiger partial charge in [-0.2, -0.15) is 0 Å². The van der Waals surface area contributed by atoms with Crippen LogP contribution in [0.4, 0.5) is 0 Å². The van der Waals surface area contributed by atoms with Gasteiger partial charge in [0.1, 0.15) is 12.2 Å². The summed E-state index contributed by atoms with van der Waals surface area (Å²) in [6.07, 6.45) is 2.51. The topological polar surface area (TPSA) is 72.2 Å². The fourth-order valence-electron chi connectivity index (χ4n) is 1.81. The molecule has 0 unspecified atom stereocenters. The van der Waals surface area contributed by atoms with Crippen molar-refractivity contribution in [3.63, 3.8) is 0 Å². The lowest BCUT2D eigenvalue weighted by molar-refractivity contribution is 0.373. The van der Waals surface area contributed by atoms with E-state index >= 15 is 0 Å². The average molecular weight is 262 g/mol. The minimum absolute atomic E-state index is 0.162. The lowest BCUT2D eigenvalue weighted by Crippen LogP contribution is -2.18. The molecule has 0 aliphatic carbocycles. The first-order chi connectivity index (χ1) is 9.20. The van der Waals surface area contributed by atoms with Crippen molar-refractivity contribution in [3.8, 4) is 11.5 Å². The van der Waals surface area contributed by atoms with Crippen LogP contribution in [0.15, 0.2) is 24.5 Å². The maximum Gasteiger partial charge on any atom is 0.160 e. The molecule has 0 bridgehead atoms. The number of nitrogens with zero attached hydrogens (tertiary/aromatic N) is 3. The molecule has 0 saturated heterocycles. The standard InChI is InChI=1S/C13H18N4O2/c1-17-9-15-16-13(17)5-6-14-8-10-3-4-12(19-2)11(18)7-10/h3-4,7,9,14,18H,5-6,8H2,1-2H3. The molecule has 0 radical (unpaired) electrons. The van der Waals surface area contributed by atoms with Gasteiger partial charge in [-0.25, -0.2) is 0 Å². The minimum Gasteiger partial charge on any atom is -0.504 e. The summed E-state index contributed by atoms with van der Waals surface area (Å²) in [4.78, 5) is 0. The largest absolute Gasteiger partial charge is 0.504 e. The Labute approximate surface area is 112 Å². The second-order valence-electron chi connectivity index (χ2n) is 4.29. The molecule has 19 heavy (non-hydrogen) atoms. The number of hydrogen-bond acceptors (Lipinski definition) is 5. The van der Waals surface area contributed by atoms with Crippen molar-refractivity contribution in [3.05, 3.63) is 35.9 Å². The Balaban J connectivity index is 1.80. The fraction of sp³-hybridized carbons (Fsp3) is 0.385. The molecule has 1 aromatic carbocycles. The third-order valence-corrected chi connectivity index (χ3v) is 2.90. The number of aryl methyl sites for hydroxylation is 1. The minimum atomic E-state index is 0.162. The van der Waals surface area contributed by atoms with E-state index in [2.05, 4.69) is 15.5 Å². The van der Waals surface area contributed by atoms with Crippen molar-refractivity contribution in [1.82, 2.24) is 20.1 Å². The number of aromatic hydroxyl groups is 1. The van der Waals surface area contributed by atoms with Gasteiger partial charge in [-0.3, -0.25) is 0 Å². The number of phenols is 1. The van der Waals surface area contributed by atoms with Gasteiger partial charge in [0.05, 0.1) is 7.11 Å². The number of benzene rings is 1. The van der Waals surface area contributed by atoms with Crippen LogP contribution in [-0.4, -0.2) is 33.5 Å². The summed E-state index contributed by atoms with van der Waals surface area (Å²) in [5.74, 6) is 1.60. The molecule has 0 saturated carbocycles. The molecule has 0 spiro atoms. The molecule has 102 valence electrons. The summed E-state index contributed by atoms with van der Waals surface area (Å²) in [6.45, 7) is 1.49. The normalized spacial score (nSPS) is 10.6. The predicted octanol–water partition coefficient (Wildman–Crippen LogP) is 0.862. The Morgan fingerprint density at radius 2 is 2.26 bits per heavy atom. The van der Waals surface area contributed by atoms with E-state index in [1.807, 2.05) is 17.7 Å². The molecule has 6 nitrogen and oxygen atoms in total. The third-order valence-electron chi connectivity index (χ3n) is 2.90. The van der Waals surface area contributed by atoms with Crippen molar-refractivity contribution in [2.45, 2.75) is 13.0 Å². The smallest absolute Gasteiger partial charge is 0.160 e. The van der Waals surface area contributed by atoms with Crippen molar-refractivity contribution in [2.75, 3.05) is 13.7 Å². The molecule has 0 aliphatic rings. The van der Waals surface area contributed by atoms with E-state index in [0.29, 0.717) is 12.3 Å². The molecule has 2 aromatic rings. The molecular weight excluding hydrogens is 244 g/mol. The van der Waals surface area contributed by atoms with E-state index in [-0.39, 0.29) is 5.75 Å². The van der Waals surface area contributed by atoms with Crippen LogP contribution in [0.2, 0.25) is 0 Å². The summed E-state index contributed by atoms with van der Waals surface area (Å²) in [7, 11) is 3.46. The van der Waals surface area contributed by atoms with Gasteiger partial charge in [0.25, 0.3) is 0 Å². The molecule has 0 atom stereocenters. The lowest BCUT2D eigenvalue weighted by atomic mass is 10.2. The number of ether oxygens (including phenoxy) is 1. The number of phenolic OH excluding ortho intramolecular Hbond substituents is 1. The Kier molecular flexibility index (Phi) is 4.35. The predicted molar refractivity (Wildman–Crippen MR) is 71.1 cm³/mol. The first kappa shape index (κ1) is 13.4. The molecule has 0 aliphatic heterocycles. The van der Waals surface area contributed by atoms with Crippen LogP contribution < -0.4 is 10.1 Å². The highest BCUT2D eigenvalue weighted by Gasteiger charge is 2.03. The van der Waals surface area contributed by atoms with Gasteiger partial charge in [-0.05, 0) is 17.7 Å². The molecular formula is C13H18N4O2. The summed E-state index contributed by atoms with van der Waals surface area (Å²) < 4.78 is 6.90. The van der Waals surface area contributed by atoms with Crippen LogP contribution in [0.25, 0.3) is 0 Å². The molecule has 0 amide bonds. The molecule has 2 N–H and O–H groups in total. The first-order valence-corrected chi connectivity index (χ1v) is 6.10. The van der Waals surface area contributed by atoms with Gasteiger partial charge in [0.15, 0.2) is 11.5 Å². The Bertz CT molecular complexity index is 539. The van der Waals surface area contributed by atoms with E-state index < -0.39 is 0 Å². The second kappa shape index (κ2) is 6.19. The third kappa shape index (κ3) is 3.45. The number of methoxy groups -OCH3 is 1. The van der Waals surface area contributed by atoms with Crippen molar-refractivity contribution in [2.24, 2.45) is 7.05 Å². The maximum atomic E-state index is 9.66. The Morgan fingerprint density at radius 3 is 2.89 bits per heavy atom. The Hall–Kier alpha value is -2.08. The molecule has 6 heteroatoms. The molecule has 1 heterocycles. The number of rotatable bonds is 6. The highest BCUT2D eigenvalue weighted by molar-refractivity contribution is 5.41. The van der Waals surface area contributed by atoms with Crippen LogP contribution in [-0.2, 0) is 20.0 Å². The van der Waals surface area contributed by atoms with E-state index in [9.17, 15) is 5.11 Å². The van der Waals surface area contributed by atoms with Crippen LogP contribution in [0, 0.1) is 0 Å². The van der Waals surface area contributed by atoms with Gasteiger partial charge < -0.3 is 19.7 Å². The van der Waals surface area contributed by atoms with Crippen molar-refractivity contribution < 1.29 is 9.84 Å². The first-order valence-electron chi connectivity index (χ1n) is 6.10. The summed E-state index contributed by atoms with van der Waals surface area (Å²) >= 11 is 0. The highest BCUT2D eigenvalue weighted by atomic mass is 16.5. The van der Waals surface area contributed by atoms with E-state index in [1.54, 1.807) is 18.5 Å². The van der Waals surface area contributed by atoms with Crippen LogP contribution in [0.3, 0.4) is 0 Å². The number of hydrogen-bond donors (Lipinski definition) is 2. The summed E-state index contributed by atoms with van der Waals surface area (Å²) in [6, 6.07) is 5.39. The van der Waals surface area contributed by atoms with Crippen molar-refractivity contribution >= 4 is 0 Å². The monoisotopic (exact) mass is 262 g/mol. The van der Waals surface area contributed by atoms with Crippen LogP contribution >= 0.6 is 0 Å². The Morgan fingerprint density at radius 1 is 1.42 bits per heavy atom. The van der Waals surface area contributed by atoms with Gasteiger partial charge in [-0.1, -0.05) is 6.07 Å². The van der Waals surface area contributed by atoms with Gasteiger partial charge in [0.2, 0.25) is 0 Å². The second-order valence-corrected chi connectivity index (χ2v) is 4.29. The van der Waals surface area contributed by atoms with Gasteiger partial charge in [0, 0.05) is 26.6 Å². The van der Waals surface area contributed by atoms with Crippen molar-refractivity contribution in [1.29, 1.82) is 0 Å². The SMILES string of the molecule is COc1ccc(CNCCc2nncn2C)cc1O. The zero-order valence-corrected chi connectivity index (χ0v) is 11.1. The maximum absolute atomic E-state index is 9.66. The van der Waals surface area contributed by atoms with Gasteiger partial charge in [-0.15, -0.1) is 10.2 Å². The van der Waals surface area contributed by atoms with E-state index in [1.165, 1.54) is 7.11 Å². The highest BCUT2D eigenvalue weighted by Crippen LogP contribution is 2.25. The zero-order chi connectivity index (χ0) is 13.7. The molecule has 2 rings (SSSR count). The van der Waals surface area contributed by atoms with Gasteiger partial charge >= 0.3 is 0 Å². The average Bonchev–Trinajstić information content (AvgIpc) is 2.80.